The number of carbonyl (C=O) groups excluding carboxylic acids is 1. The van der Waals surface area contributed by atoms with E-state index >= 15 is 0 Å². The number of hydrogen-bond acceptors (Lipinski definition) is 4. The maximum Gasteiger partial charge on any atom is 0.337 e. The Morgan fingerprint density at radius 3 is 2.89 bits per heavy atom. The van der Waals surface area contributed by atoms with Gasteiger partial charge < -0.3 is 10.1 Å². The predicted molar refractivity (Wildman–Crippen MR) is 82.1 cm³/mol. The highest BCUT2D eigenvalue weighted by Gasteiger charge is 2.09. The Morgan fingerprint density at radius 1 is 1.47 bits per heavy atom. The Morgan fingerprint density at radius 2 is 2.26 bits per heavy atom. The van der Waals surface area contributed by atoms with Crippen LogP contribution in [0.1, 0.15) is 15.2 Å². The van der Waals surface area contributed by atoms with Gasteiger partial charge in [-0.3, -0.25) is 0 Å². The van der Waals surface area contributed by atoms with Crippen LogP contribution in [-0.4, -0.2) is 13.1 Å². The van der Waals surface area contributed by atoms with Gasteiger partial charge in [0.1, 0.15) is 0 Å². The molecule has 0 atom stereocenters. The van der Waals surface area contributed by atoms with Crippen LogP contribution in [0.15, 0.2) is 34.1 Å². The van der Waals surface area contributed by atoms with Crippen molar-refractivity contribution in [3.8, 4) is 0 Å². The topological polar surface area (TPSA) is 38.3 Å². The SMILES string of the molecule is COC(=O)c1ccc(Cl)c(NCc2cc(Br)cs2)c1. The second-order valence-electron chi connectivity index (χ2n) is 3.77. The number of benzene rings is 1. The van der Waals surface area contributed by atoms with Gasteiger partial charge >= 0.3 is 5.97 Å². The van der Waals surface area contributed by atoms with E-state index < -0.39 is 0 Å². The van der Waals surface area contributed by atoms with Gasteiger partial charge in [0, 0.05) is 21.3 Å². The van der Waals surface area contributed by atoms with E-state index in [1.807, 2.05) is 11.4 Å². The van der Waals surface area contributed by atoms with Crippen LogP contribution in [0.4, 0.5) is 5.69 Å². The normalized spacial score (nSPS) is 10.3. The highest BCUT2D eigenvalue weighted by molar-refractivity contribution is 9.10. The van der Waals surface area contributed by atoms with Gasteiger partial charge in [0.25, 0.3) is 0 Å². The summed E-state index contributed by atoms with van der Waals surface area (Å²) in [6, 6.07) is 7.05. The Balaban J connectivity index is 2.12. The number of anilines is 1. The molecule has 1 N–H and O–H groups in total. The van der Waals surface area contributed by atoms with Gasteiger partial charge in [-0.05, 0) is 40.2 Å². The third-order valence-electron chi connectivity index (χ3n) is 2.46. The number of hydrogen-bond donors (Lipinski definition) is 1. The van der Waals surface area contributed by atoms with Gasteiger partial charge in [0.2, 0.25) is 0 Å². The number of halogens is 2. The molecule has 1 heterocycles. The van der Waals surface area contributed by atoms with E-state index in [0.29, 0.717) is 22.8 Å². The first-order valence-corrected chi connectivity index (χ1v) is 7.50. The molecule has 2 aromatic rings. The van der Waals surface area contributed by atoms with Crippen LogP contribution < -0.4 is 5.32 Å². The monoisotopic (exact) mass is 359 g/mol. The van der Waals surface area contributed by atoms with E-state index in [0.717, 1.165) is 4.47 Å². The van der Waals surface area contributed by atoms with E-state index in [1.54, 1.807) is 29.5 Å². The highest BCUT2D eigenvalue weighted by Crippen LogP contribution is 2.26. The van der Waals surface area contributed by atoms with Crippen LogP contribution in [0.3, 0.4) is 0 Å². The van der Waals surface area contributed by atoms with E-state index in [2.05, 4.69) is 26.0 Å². The minimum absolute atomic E-state index is 0.376. The van der Waals surface area contributed by atoms with Gasteiger partial charge in [-0.15, -0.1) is 11.3 Å². The predicted octanol–water partition coefficient (Wildman–Crippen LogP) is 4.56. The molecule has 0 amide bonds. The molecule has 0 unspecified atom stereocenters. The molecule has 2 rings (SSSR count). The van der Waals surface area contributed by atoms with E-state index in [1.165, 1.54) is 12.0 Å². The highest BCUT2D eigenvalue weighted by atomic mass is 79.9. The molecule has 1 aromatic carbocycles. The maximum absolute atomic E-state index is 11.5. The summed E-state index contributed by atoms with van der Waals surface area (Å²) in [4.78, 5) is 12.6. The number of nitrogens with one attached hydrogen (secondary N) is 1. The number of ether oxygens (including phenoxy) is 1. The van der Waals surface area contributed by atoms with Crippen LogP contribution >= 0.6 is 38.9 Å². The summed E-state index contributed by atoms with van der Waals surface area (Å²) in [5.41, 5.74) is 1.19. The standard InChI is InChI=1S/C13H11BrClNO2S/c1-18-13(17)8-2-3-11(15)12(4-8)16-6-10-5-9(14)7-19-10/h2-5,7,16H,6H2,1H3. The zero-order valence-electron chi connectivity index (χ0n) is 10.1. The third kappa shape index (κ3) is 3.72. The fourth-order valence-electron chi connectivity index (χ4n) is 1.53. The molecule has 3 nitrogen and oxygen atoms in total. The Kier molecular flexibility index (Phi) is 4.85. The van der Waals surface area contributed by atoms with Crippen molar-refractivity contribution in [2.24, 2.45) is 0 Å². The lowest BCUT2D eigenvalue weighted by atomic mass is 10.2. The smallest absolute Gasteiger partial charge is 0.337 e. The van der Waals surface area contributed by atoms with Crippen LogP contribution in [0, 0.1) is 0 Å². The molecule has 0 aliphatic rings. The lowest BCUT2D eigenvalue weighted by Crippen LogP contribution is -2.04. The van der Waals surface area contributed by atoms with Crippen molar-refractivity contribution >= 4 is 50.5 Å². The number of thiophene rings is 1. The molecule has 1 aromatic heterocycles. The fourth-order valence-corrected chi connectivity index (χ4v) is 3.11. The molecule has 0 fully saturated rings. The molecule has 0 aliphatic carbocycles. The Bertz CT molecular complexity index is 600. The van der Waals surface area contributed by atoms with Crippen LogP contribution in [0.5, 0.6) is 0 Å². The summed E-state index contributed by atoms with van der Waals surface area (Å²) in [5, 5.41) is 5.80. The second-order valence-corrected chi connectivity index (χ2v) is 6.09. The zero-order chi connectivity index (χ0) is 13.8. The molecule has 0 saturated carbocycles. The first-order chi connectivity index (χ1) is 9.10. The van der Waals surface area contributed by atoms with Crippen molar-refractivity contribution in [1.29, 1.82) is 0 Å². The largest absolute Gasteiger partial charge is 0.465 e. The van der Waals surface area contributed by atoms with Crippen molar-refractivity contribution in [3.63, 3.8) is 0 Å². The number of carbonyl (C=O) groups is 1. The minimum atomic E-state index is -0.376. The summed E-state index contributed by atoms with van der Waals surface area (Å²) < 4.78 is 5.74. The van der Waals surface area contributed by atoms with E-state index in [9.17, 15) is 4.79 Å². The van der Waals surface area contributed by atoms with Crippen molar-refractivity contribution in [2.45, 2.75) is 6.54 Å². The van der Waals surface area contributed by atoms with Gasteiger partial charge in [0.15, 0.2) is 0 Å². The van der Waals surface area contributed by atoms with Crippen LogP contribution in [-0.2, 0) is 11.3 Å². The average Bonchev–Trinajstić information content (AvgIpc) is 2.82. The quantitative estimate of drug-likeness (QED) is 0.812. The zero-order valence-corrected chi connectivity index (χ0v) is 13.2. The molecule has 0 radical (unpaired) electrons. The van der Waals surface area contributed by atoms with Crippen LogP contribution in [0.25, 0.3) is 0 Å². The van der Waals surface area contributed by atoms with Crippen molar-refractivity contribution < 1.29 is 9.53 Å². The molecule has 0 aliphatic heterocycles. The van der Waals surface area contributed by atoms with E-state index in [4.69, 9.17) is 11.6 Å². The van der Waals surface area contributed by atoms with Gasteiger partial charge in [0.05, 0.1) is 23.4 Å². The summed E-state index contributed by atoms with van der Waals surface area (Å²) in [6.07, 6.45) is 0. The van der Waals surface area contributed by atoms with Crippen LogP contribution in [0.2, 0.25) is 5.02 Å². The summed E-state index contributed by atoms with van der Waals surface area (Å²) in [7, 11) is 1.35. The summed E-state index contributed by atoms with van der Waals surface area (Å²) in [6.45, 7) is 0.653. The van der Waals surface area contributed by atoms with Crippen molar-refractivity contribution in [2.75, 3.05) is 12.4 Å². The molecule has 0 spiro atoms. The minimum Gasteiger partial charge on any atom is -0.465 e. The number of methoxy groups -OCH3 is 1. The molecule has 6 heteroatoms. The fraction of sp³-hybridized carbons (Fsp3) is 0.154. The molecule has 0 bridgehead atoms. The van der Waals surface area contributed by atoms with Gasteiger partial charge in [-0.1, -0.05) is 11.6 Å². The summed E-state index contributed by atoms with van der Waals surface area (Å²) >= 11 is 11.1. The molecule has 100 valence electrons. The van der Waals surface area contributed by atoms with Crippen molar-refractivity contribution in [1.82, 2.24) is 0 Å². The maximum atomic E-state index is 11.5. The van der Waals surface area contributed by atoms with Crippen molar-refractivity contribution in [3.05, 3.63) is 49.6 Å². The van der Waals surface area contributed by atoms with Gasteiger partial charge in [-0.25, -0.2) is 4.79 Å². The van der Waals surface area contributed by atoms with Gasteiger partial charge in [-0.2, -0.15) is 0 Å². The van der Waals surface area contributed by atoms with E-state index in [-0.39, 0.29) is 5.97 Å². The summed E-state index contributed by atoms with van der Waals surface area (Å²) in [5.74, 6) is -0.376. The lowest BCUT2D eigenvalue weighted by Gasteiger charge is -2.09. The third-order valence-corrected chi connectivity index (χ3v) is 4.49. The molecule has 0 saturated heterocycles. The second kappa shape index (κ2) is 6.41. The molecular formula is C13H11BrClNO2S. The molecule has 19 heavy (non-hydrogen) atoms. The first kappa shape index (κ1) is 14.4. The lowest BCUT2D eigenvalue weighted by molar-refractivity contribution is 0.0601. The number of esters is 1. The molecular weight excluding hydrogens is 350 g/mol. The first-order valence-electron chi connectivity index (χ1n) is 5.45. The number of rotatable bonds is 4. The average molecular weight is 361 g/mol. The Hall–Kier alpha value is -1.04. The Labute approximate surface area is 128 Å².